The van der Waals surface area contributed by atoms with Crippen LogP contribution in [0.2, 0.25) is 0 Å². The number of hydrogen-bond donors (Lipinski definition) is 1. The van der Waals surface area contributed by atoms with Crippen molar-refractivity contribution in [3.05, 3.63) is 69.7 Å². The minimum Gasteiger partial charge on any atom is -0.497 e. The first kappa shape index (κ1) is 22.7. The third-order valence-corrected chi connectivity index (χ3v) is 6.34. The first-order valence-electron chi connectivity index (χ1n) is 10.6. The maximum Gasteiger partial charge on any atom is 0.303 e. The molecule has 4 rings (SSSR count). The fourth-order valence-corrected chi connectivity index (χ4v) is 4.35. The summed E-state index contributed by atoms with van der Waals surface area (Å²) in [6.45, 7) is 2.76. The third kappa shape index (κ3) is 5.46. The zero-order valence-electron chi connectivity index (χ0n) is 18.8. The lowest BCUT2D eigenvalue weighted by Crippen LogP contribution is -2.05. The highest BCUT2D eigenvalue weighted by Gasteiger charge is 2.12. The molecule has 2 aromatic carbocycles. The third-order valence-electron chi connectivity index (χ3n) is 5.36. The van der Waals surface area contributed by atoms with E-state index in [1.165, 1.54) is 4.88 Å². The van der Waals surface area contributed by atoms with Crippen LogP contribution >= 0.6 is 11.3 Å². The predicted molar refractivity (Wildman–Crippen MR) is 127 cm³/mol. The van der Waals surface area contributed by atoms with E-state index < -0.39 is 5.97 Å². The molecule has 0 atom stereocenters. The minimum absolute atomic E-state index is 0.0397. The van der Waals surface area contributed by atoms with E-state index in [2.05, 4.69) is 18.0 Å². The number of fused-ring (bicyclic) bond motifs is 1. The number of imidazole rings is 1. The summed E-state index contributed by atoms with van der Waals surface area (Å²) in [7, 11) is 3.58. The van der Waals surface area contributed by atoms with E-state index in [-0.39, 0.29) is 13.0 Å². The summed E-state index contributed by atoms with van der Waals surface area (Å²) in [5, 5.41) is 9.08. The van der Waals surface area contributed by atoms with Crippen molar-refractivity contribution in [1.29, 1.82) is 0 Å². The van der Waals surface area contributed by atoms with Crippen LogP contribution in [-0.2, 0) is 31.5 Å². The van der Waals surface area contributed by atoms with Crippen molar-refractivity contribution in [3.63, 3.8) is 0 Å². The molecule has 0 aliphatic rings. The first-order chi connectivity index (χ1) is 15.9. The van der Waals surface area contributed by atoms with Gasteiger partial charge in [0.1, 0.15) is 36.3 Å². The van der Waals surface area contributed by atoms with Gasteiger partial charge in [0.2, 0.25) is 0 Å². The molecule has 0 amide bonds. The quantitative estimate of drug-likeness (QED) is 0.349. The van der Waals surface area contributed by atoms with Crippen molar-refractivity contribution < 1.29 is 24.1 Å². The van der Waals surface area contributed by atoms with Crippen LogP contribution in [0.1, 0.15) is 27.6 Å². The van der Waals surface area contributed by atoms with Crippen molar-refractivity contribution >= 4 is 28.3 Å². The van der Waals surface area contributed by atoms with Gasteiger partial charge in [-0.25, -0.2) is 4.98 Å². The van der Waals surface area contributed by atoms with E-state index in [1.54, 1.807) is 18.4 Å². The van der Waals surface area contributed by atoms with Gasteiger partial charge in [0.25, 0.3) is 0 Å². The lowest BCUT2D eigenvalue weighted by atomic mass is 10.1. The SMILES string of the molecule is COc1ccc2nc(COc3ccc(CCC(=O)O)c(OCc4ccc(C)s4)c3)n(C)c2c1. The first-order valence-corrected chi connectivity index (χ1v) is 11.4. The molecular formula is C25H26N2O5S. The van der Waals surface area contributed by atoms with E-state index in [0.717, 1.165) is 33.0 Å². The molecular weight excluding hydrogens is 440 g/mol. The topological polar surface area (TPSA) is 82.8 Å². The molecule has 33 heavy (non-hydrogen) atoms. The largest absolute Gasteiger partial charge is 0.497 e. The van der Waals surface area contributed by atoms with Gasteiger partial charge in [0.15, 0.2) is 0 Å². The molecule has 7 nitrogen and oxygen atoms in total. The van der Waals surface area contributed by atoms with Crippen LogP contribution in [-0.4, -0.2) is 27.7 Å². The smallest absolute Gasteiger partial charge is 0.303 e. The Balaban J connectivity index is 1.51. The summed E-state index contributed by atoms with van der Waals surface area (Å²) in [6, 6.07) is 15.4. The Bertz CT molecular complexity index is 1280. The average molecular weight is 467 g/mol. The van der Waals surface area contributed by atoms with Gasteiger partial charge in [-0.2, -0.15) is 0 Å². The highest BCUT2D eigenvalue weighted by Crippen LogP contribution is 2.29. The normalized spacial score (nSPS) is 11.0. The molecule has 0 aliphatic carbocycles. The van der Waals surface area contributed by atoms with Crippen molar-refractivity contribution in [2.75, 3.05) is 7.11 Å². The van der Waals surface area contributed by atoms with Crippen LogP contribution in [0.4, 0.5) is 0 Å². The lowest BCUT2D eigenvalue weighted by molar-refractivity contribution is -0.136. The van der Waals surface area contributed by atoms with Crippen LogP contribution in [0, 0.1) is 6.92 Å². The van der Waals surface area contributed by atoms with E-state index >= 15 is 0 Å². The molecule has 8 heteroatoms. The summed E-state index contributed by atoms with van der Waals surface area (Å²) >= 11 is 1.68. The molecule has 0 bridgehead atoms. The Kier molecular flexibility index (Phi) is 6.84. The molecule has 172 valence electrons. The van der Waals surface area contributed by atoms with Crippen molar-refractivity contribution in [3.8, 4) is 17.2 Å². The molecule has 0 radical (unpaired) electrons. The summed E-state index contributed by atoms with van der Waals surface area (Å²) in [6.07, 6.45) is 0.430. The number of thiophene rings is 1. The number of hydrogen-bond acceptors (Lipinski definition) is 6. The van der Waals surface area contributed by atoms with Gasteiger partial charge >= 0.3 is 5.97 Å². The second-order valence-corrected chi connectivity index (χ2v) is 9.07. The number of carboxylic acids is 1. The van der Waals surface area contributed by atoms with Gasteiger partial charge in [0, 0.05) is 35.4 Å². The molecule has 2 aromatic heterocycles. The van der Waals surface area contributed by atoms with Crippen LogP contribution in [0.3, 0.4) is 0 Å². The number of nitrogens with zero attached hydrogens (tertiary/aromatic N) is 2. The van der Waals surface area contributed by atoms with Gasteiger partial charge in [0.05, 0.1) is 18.1 Å². The molecule has 4 aromatic rings. The lowest BCUT2D eigenvalue weighted by Gasteiger charge is -2.13. The number of rotatable bonds is 10. The van der Waals surface area contributed by atoms with Crippen LogP contribution in [0.25, 0.3) is 11.0 Å². The Morgan fingerprint density at radius 3 is 2.61 bits per heavy atom. The van der Waals surface area contributed by atoms with E-state index in [1.807, 2.05) is 54.1 Å². The van der Waals surface area contributed by atoms with E-state index in [4.69, 9.17) is 19.3 Å². The number of aryl methyl sites for hydroxylation is 3. The van der Waals surface area contributed by atoms with Crippen LogP contribution in [0.15, 0.2) is 48.5 Å². The van der Waals surface area contributed by atoms with Gasteiger partial charge in [-0.1, -0.05) is 6.07 Å². The summed E-state index contributed by atoms with van der Waals surface area (Å²) in [5.74, 6) is 1.99. The maximum atomic E-state index is 11.1. The number of aliphatic carboxylic acids is 1. The van der Waals surface area contributed by atoms with Crippen molar-refractivity contribution in [1.82, 2.24) is 9.55 Å². The fraction of sp³-hybridized carbons (Fsp3) is 0.280. The number of benzene rings is 2. The number of carboxylic acid groups (broad SMARTS) is 1. The molecule has 0 fully saturated rings. The standard InChI is InChI=1S/C25H26N2O5S/c1-16-4-9-20(33-16)14-32-23-13-19(7-5-17(23)6-11-25(28)29)31-15-24-26-21-10-8-18(30-3)12-22(21)27(24)2/h4-5,7-10,12-13H,6,11,14-15H2,1-3H3,(H,28,29). The van der Waals surface area contributed by atoms with Gasteiger partial charge in [-0.05, 0) is 49.2 Å². The number of aromatic nitrogens is 2. The van der Waals surface area contributed by atoms with Gasteiger partial charge in [-0.15, -0.1) is 11.3 Å². The molecule has 0 saturated heterocycles. The zero-order valence-corrected chi connectivity index (χ0v) is 19.6. The number of carbonyl (C=O) groups is 1. The van der Waals surface area contributed by atoms with Crippen molar-refractivity contribution in [2.24, 2.45) is 7.05 Å². The number of methoxy groups -OCH3 is 1. The Morgan fingerprint density at radius 2 is 1.88 bits per heavy atom. The monoisotopic (exact) mass is 466 g/mol. The van der Waals surface area contributed by atoms with Crippen molar-refractivity contribution in [2.45, 2.75) is 33.0 Å². The maximum absolute atomic E-state index is 11.1. The molecule has 0 spiro atoms. The molecule has 0 unspecified atom stereocenters. The Morgan fingerprint density at radius 1 is 1.06 bits per heavy atom. The molecule has 1 N–H and O–H groups in total. The van der Waals surface area contributed by atoms with E-state index in [0.29, 0.717) is 24.5 Å². The highest BCUT2D eigenvalue weighted by molar-refractivity contribution is 7.11. The Labute approximate surface area is 196 Å². The minimum atomic E-state index is -0.839. The second kappa shape index (κ2) is 9.95. The summed E-state index contributed by atoms with van der Waals surface area (Å²) in [5.41, 5.74) is 2.68. The van der Waals surface area contributed by atoms with E-state index in [9.17, 15) is 4.79 Å². The predicted octanol–water partition coefficient (Wildman–Crippen LogP) is 5.13. The summed E-state index contributed by atoms with van der Waals surface area (Å²) in [4.78, 5) is 18.0. The van der Waals surface area contributed by atoms with Crippen LogP contribution < -0.4 is 14.2 Å². The van der Waals surface area contributed by atoms with Crippen LogP contribution in [0.5, 0.6) is 17.2 Å². The average Bonchev–Trinajstić information content (AvgIpc) is 3.37. The second-order valence-electron chi connectivity index (χ2n) is 7.69. The van der Waals surface area contributed by atoms with Gasteiger partial charge < -0.3 is 23.9 Å². The Hall–Kier alpha value is -3.52. The summed E-state index contributed by atoms with van der Waals surface area (Å²) < 4.78 is 19.4. The molecule has 0 saturated carbocycles. The van der Waals surface area contributed by atoms with Gasteiger partial charge in [-0.3, -0.25) is 4.79 Å². The fourth-order valence-electron chi connectivity index (χ4n) is 3.54. The highest BCUT2D eigenvalue weighted by atomic mass is 32.1. The molecule has 2 heterocycles. The molecule has 0 aliphatic heterocycles. The zero-order chi connectivity index (χ0) is 23.4. The number of ether oxygens (including phenoxy) is 3.